The fourth-order valence-electron chi connectivity index (χ4n) is 3.92. The zero-order valence-corrected chi connectivity index (χ0v) is 16.9. The van der Waals surface area contributed by atoms with Gasteiger partial charge in [0.15, 0.2) is 6.10 Å². The van der Waals surface area contributed by atoms with Crippen molar-refractivity contribution in [1.82, 2.24) is 9.80 Å². The minimum atomic E-state index is -0.603. The highest BCUT2D eigenvalue weighted by atomic mass is 16.5. The van der Waals surface area contributed by atoms with Crippen LogP contribution in [0.4, 0.5) is 0 Å². The molecule has 0 radical (unpaired) electrons. The van der Waals surface area contributed by atoms with Crippen LogP contribution >= 0.6 is 0 Å². The molecule has 0 aliphatic carbocycles. The lowest BCUT2D eigenvalue weighted by molar-refractivity contribution is -0.143. The van der Waals surface area contributed by atoms with E-state index in [0.717, 1.165) is 49.7 Å². The Labute approximate surface area is 172 Å². The molecule has 0 saturated carbocycles. The van der Waals surface area contributed by atoms with E-state index in [2.05, 4.69) is 17.0 Å². The first-order valence-corrected chi connectivity index (χ1v) is 10.2. The van der Waals surface area contributed by atoms with Gasteiger partial charge >= 0.3 is 0 Å². The Kier molecular flexibility index (Phi) is 6.44. The lowest BCUT2D eigenvalue weighted by atomic mass is 10.1. The van der Waals surface area contributed by atoms with E-state index in [1.807, 2.05) is 41.3 Å². The zero-order valence-electron chi connectivity index (χ0n) is 16.9. The van der Waals surface area contributed by atoms with Gasteiger partial charge in [-0.05, 0) is 23.3 Å². The summed E-state index contributed by atoms with van der Waals surface area (Å²) in [6.45, 7) is 5.90. The number of benzene rings is 2. The van der Waals surface area contributed by atoms with E-state index in [9.17, 15) is 4.79 Å². The highest BCUT2D eigenvalue weighted by Gasteiger charge is 2.28. The van der Waals surface area contributed by atoms with Gasteiger partial charge in [0.05, 0.1) is 19.8 Å². The maximum absolute atomic E-state index is 13.2. The van der Waals surface area contributed by atoms with Crippen molar-refractivity contribution in [2.24, 2.45) is 0 Å². The predicted octanol–water partition coefficient (Wildman–Crippen LogP) is 2.63. The largest absolute Gasteiger partial charge is 0.491 e. The van der Waals surface area contributed by atoms with Crippen LogP contribution in [0.3, 0.4) is 0 Å². The summed E-state index contributed by atoms with van der Waals surface area (Å²) in [6, 6.07) is 16.0. The standard InChI is InChI=1S/C23H28N2O4/c1-27-22(19-5-3-2-4-6-19)23(26)25-11-14-29-21-8-7-18(15-20(21)17-25)16-24-9-12-28-13-10-24/h2-8,15,22H,9-14,16-17H2,1H3. The Hall–Kier alpha value is -2.41. The van der Waals surface area contributed by atoms with Crippen LogP contribution in [-0.4, -0.2) is 62.3 Å². The zero-order chi connectivity index (χ0) is 20.1. The molecule has 1 atom stereocenters. The topological polar surface area (TPSA) is 51.2 Å². The number of carbonyl (C=O) groups excluding carboxylic acids is 1. The number of fused-ring (bicyclic) bond motifs is 1. The highest BCUT2D eigenvalue weighted by Crippen LogP contribution is 2.27. The first-order valence-electron chi connectivity index (χ1n) is 10.2. The molecule has 29 heavy (non-hydrogen) atoms. The number of methoxy groups -OCH3 is 1. The van der Waals surface area contributed by atoms with E-state index in [4.69, 9.17) is 14.2 Å². The summed E-state index contributed by atoms with van der Waals surface area (Å²) < 4.78 is 16.9. The monoisotopic (exact) mass is 396 g/mol. The van der Waals surface area contributed by atoms with E-state index in [-0.39, 0.29) is 5.91 Å². The molecule has 6 nitrogen and oxygen atoms in total. The molecule has 6 heteroatoms. The number of hydrogen-bond acceptors (Lipinski definition) is 5. The molecule has 0 aromatic heterocycles. The number of morpholine rings is 1. The third-order valence-corrected chi connectivity index (χ3v) is 5.49. The second-order valence-corrected chi connectivity index (χ2v) is 7.47. The molecule has 0 bridgehead atoms. The van der Waals surface area contributed by atoms with E-state index in [1.165, 1.54) is 5.56 Å². The Morgan fingerprint density at radius 1 is 1.07 bits per heavy atom. The minimum absolute atomic E-state index is 0.0336. The van der Waals surface area contributed by atoms with Gasteiger partial charge in [-0.3, -0.25) is 9.69 Å². The van der Waals surface area contributed by atoms with Crippen molar-refractivity contribution < 1.29 is 19.0 Å². The van der Waals surface area contributed by atoms with Gasteiger partial charge in [-0.25, -0.2) is 0 Å². The van der Waals surface area contributed by atoms with Crippen molar-refractivity contribution in [2.75, 3.05) is 46.6 Å². The van der Waals surface area contributed by atoms with Crippen LogP contribution in [0.25, 0.3) is 0 Å². The van der Waals surface area contributed by atoms with Gasteiger partial charge in [0.1, 0.15) is 12.4 Å². The molecule has 1 unspecified atom stereocenters. The fraction of sp³-hybridized carbons (Fsp3) is 0.435. The lowest BCUT2D eigenvalue weighted by Gasteiger charge is -2.27. The van der Waals surface area contributed by atoms with Crippen molar-refractivity contribution >= 4 is 5.91 Å². The molecule has 4 rings (SSSR count). The van der Waals surface area contributed by atoms with Gasteiger partial charge in [-0.15, -0.1) is 0 Å². The van der Waals surface area contributed by atoms with Crippen LogP contribution in [0.2, 0.25) is 0 Å². The summed E-state index contributed by atoms with van der Waals surface area (Å²) >= 11 is 0. The molecule has 2 aliphatic heterocycles. The molecule has 2 aliphatic rings. The first kappa shape index (κ1) is 19.9. The SMILES string of the molecule is COC(C(=O)N1CCOc2ccc(CN3CCOCC3)cc2C1)c1ccccc1. The van der Waals surface area contributed by atoms with Crippen LogP contribution in [0.1, 0.15) is 22.8 Å². The molecule has 2 aromatic rings. The van der Waals surface area contributed by atoms with E-state index >= 15 is 0 Å². The molecule has 1 amide bonds. The minimum Gasteiger partial charge on any atom is -0.491 e. The normalized spacial score (nSPS) is 18.4. The number of rotatable bonds is 5. The molecule has 1 saturated heterocycles. The Bertz CT molecular complexity index is 821. The summed E-state index contributed by atoms with van der Waals surface area (Å²) in [7, 11) is 1.58. The van der Waals surface area contributed by atoms with Crippen molar-refractivity contribution in [3.63, 3.8) is 0 Å². The Balaban J connectivity index is 1.50. The Morgan fingerprint density at radius 2 is 1.86 bits per heavy atom. The molecule has 2 heterocycles. The summed E-state index contributed by atoms with van der Waals surface area (Å²) in [6.07, 6.45) is -0.603. The highest BCUT2D eigenvalue weighted by molar-refractivity contribution is 5.82. The van der Waals surface area contributed by atoms with Crippen molar-refractivity contribution in [1.29, 1.82) is 0 Å². The number of amides is 1. The van der Waals surface area contributed by atoms with E-state index < -0.39 is 6.10 Å². The van der Waals surface area contributed by atoms with Crippen LogP contribution in [0, 0.1) is 0 Å². The molecular formula is C23H28N2O4. The molecular weight excluding hydrogens is 368 g/mol. The Morgan fingerprint density at radius 3 is 2.62 bits per heavy atom. The van der Waals surface area contributed by atoms with Crippen LogP contribution in [-0.2, 0) is 27.4 Å². The van der Waals surface area contributed by atoms with Crippen molar-refractivity contribution in [3.05, 3.63) is 65.2 Å². The average Bonchev–Trinajstić information content (AvgIpc) is 2.98. The third-order valence-electron chi connectivity index (χ3n) is 5.49. The fourth-order valence-corrected chi connectivity index (χ4v) is 3.92. The molecule has 154 valence electrons. The quantitative estimate of drug-likeness (QED) is 0.778. The third kappa shape index (κ3) is 4.78. The lowest BCUT2D eigenvalue weighted by Crippen LogP contribution is -2.37. The van der Waals surface area contributed by atoms with Gasteiger partial charge in [0.2, 0.25) is 0 Å². The van der Waals surface area contributed by atoms with Crippen LogP contribution in [0.5, 0.6) is 5.75 Å². The van der Waals surface area contributed by atoms with Gasteiger partial charge in [0.25, 0.3) is 5.91 Å². The first-order chi connectivity index (χ1) is 14.2. The van der Waals surface area contributed by atoms with Gasteiger partial charge in [-0.2, -0.15) is 0 Å². The van der Waals surface area contributed by atoms with Crippen LogP contribution in [0.15, 0.2) is 48.5 Å². The summed E-state index contributed by atoms with van der Waals surface area (Å²) in [5, 5.41) is 0. The van der Waals surface area contributed by atoms with Gasteiger partial charge in [-0.1, -0.05) is 36.4 Å². The summed E-state index contributed by atoms with van der Waals surface area (Å²) in [4.78, 5) is 17.4. The van der Waals surface area contributed by atoms with Crippen LogP contribution < -0.4 is 4.74 Å². The molecule has 0 spiro atoms. The molecule has 1 fully saturated rings. The van der Waals surface area contributed by atoms with Gasteiger partial charge < -0.3 is 19.1 Å². The van der Waals surface area contributed by atoms with Crippen molar-refractivity contribution in [2.45, 2.75) is 19.2 Å². The molecule has 2 aromatic carbocycles. The average molecular weight is 396 g/mol. The second-order valence-electron chi connectivity index (χ2n) is 7.47. The number of hydrogen-bond donors (Lipinski definition) is 0. The summed E-state index contributed by atoms with van der Waals surface area (Å²) in [5.74, 6) is 0.827. The number of ether oxygens (including phenoxy) is 3. The maximum Gasteiger partial charge on any atom is 0.256 e. The number of nitrogens with zero attached hydrogens (tertiary/aromatic N) is 2. The molecule has 0 N–H and O–H groups in total. The summed E-state index contributed by atoms with van der Waals surface area (Å²) in [5.41, 5.74) is 3.14. The predicted molar refractivity (Wildman–Crippen MR) is 110 cm³/mol. The second kappa shape index (κ2) is 9.39. The van der Waals surface area contributed by atoms with Gasteiger partial charge in [0, 0.05) is 38.9 Å². The number of carbonyl (C=O) groups is 1. The maximum atomic E-state index is 13.2. The van der Waals surface area contributed by atoms with E-state index in [0.29, 0.717) is 19.7 Å². The van der Waals surface area contributed by atoms with E-state index in [1.54, 1.807) is 7.11 Å². The van der Waals surface area contributed by atoms with Crippen molar-refractivity contribution in [3.8, 4) is 5.75 Å². The smallest absolute Gasteiger partial charge is 0.256 e.